The van der Waals surface area contributed by atoms with Crippen LogP contribution in [-0.4, -0.2) is 20.6 Å². The molecule has 0 amide bonds. The first-order valence-corrected chi connectivity index (χ1v) is 8.02. The number of nitrogens with zero attached hydrogens (tertiary/aromatic N) is 2. The predicted molar refractivity (Wildman–Crippen MR) is 92.1 cm³/mol. The smallest absolute Gasteiger partial charge is 0.323 e. The lowest BCUT2D eigenvalue weighted by Crippen LogP contribution is -2.23. The van der Waals surface area contributed by atoms with Gasteiger partial charge in [-0.3, -0.25) is 9.59 Å². The number of benzene rings is 2. The number of carboxylic acids is 1. The van der Waals surface area contributed by atoms with E-state index in [1.807, 2.05) is 0 Å². The second kappa shape index (κ2) is 7.03. The van der Waals surface area contributed by atoms with Crippen LogP contribution in [0.5, 0.6) is 0 Å². The molecule has 7 heteroatoms. The average molecular weight is 358 g/mol. The average Bonchev–Trinajstić information content (AvgIpc) is 2.59. The van der Waals surface area contributed by atoms with Crippen molar-refractivity contribution < 1.29 is 18.7 Å². The summed E-state index contributed by atoms with van der Waals surface area (Å²) < 4.78 is 28.7. The van der Waals surface area contributed by atoms with Crippen molar-refractivity contribution in [2.24, 2.45) is 0 Å². The zero-order chi connectivity index (χ0) is 18.8. The molecule has 0 saturated carbocycles. The van der Waals surface area contributed by atoms with Crippen LogP contribution in [-0.2, 0) is 24.2 Å². The number of carboxylic acid groups (broad SMARTS) is 1. The van der Waals surface area contributed by atoms with Gasteiger partial charge in [-0.1, -0.05) is 24.3 Å². The van der Waals surface area contributed by atoms with Crippen LogP contribution in [0.2, 0.25) is 0 Å². The summed E-state index contributed by atoms with van der Waals surface area (Å²) in [6.45, 7) is 1.39. The molecule has 2 aromatic carbocycles. The quantitative estimate of drug-likeness (QED) is 0.761. The van der Waals surface area contributed by atoms with Gasteiger partial charge in [-0.15, -0.1) is 0 Å². The van der Waals surface area contributed by atoms with Crippen molar-refractivity contribution in [1.82, 2.24) is 9.55 Å². The van der Waals surface area contributed by atoms with E-state index in [2.05, 4.69) is 4.98 Å². The van der Waals surface area contributed by atoms with Gasteiger partial charge in [-0.25, -0.2) is 8.78 Å². The van der Waals surface area contributed by atoms with Crippen LogP contribution in [0.15, 0.2) is 41.2 Å². The minimum Gasteiger partial charge on any atom is -0.480 e. The minimum absolute atomic E-state index is 0.0903. The molecular formula is C19H16F2N2O3. The fourth-order valence-electron chi connectivity index (χ4n) is 3.04. The summed E-state index contributed by atoms with van der Waals surface area (Å²) >= 11 is 0. The maximum absolute atomic E-state index is 13.9. The highest BCUT2D eigenvalue weighted by Crippen LogP contribution is 2.19. The van der Waals surface area contributed by atoms with E-state index < -0.39 is 23.2 Å². The molecule has 26 heavy (non-hydrogen) atoms. The van der Waals surface area contributed by atoms with Crippen LogP contribution in [0, 0.1) is 18.6 Å². The SMILES string of the molecule is Cc1cccc2c(=O)nc(CCc3cccc(F)c3F)n(CC(=O)O)c12. The van der Waals surface area contributed by atoms with Crippen molar-refractivity contribution in [2.75, 3.05) is 0 Å². The summed E-state index contributed by atoms with van der Waals surface area (Å²) in [7, 11) is 0. The van der Waals surface area contributed by atoms with Crippen molar-refractivity contribution in [3.8, 4) is 0 Å². The molecule has 0 fully saturated rings. The number of carbonyl (C=O) groups is 1. The Labute approximate surface area is 147 Å². The first-order valence-electron chi connectivity index (χ1n) is 8.02. The molecule has 0 spiro atoms. The van der Waals surface area contributed by atoms with Crippen molar-refractivity contribution in [1.29, 1.82) is 0 Å². The van der Waals surface area contributed by atoms with Gasteiger partial charge in [0.05, 0.1) is 10.9 Å². The molecule has 3 aromatic rings. The minimum atomic E-state index is -1.09. The Kier molecular flexibility index (Phi) is 4.79. The van der Waals surface area contributed by atoms with Gasteiger partial charge in [-0.2, -0.15) is 4.98 Å². The number of hydrogen-bond donors (Lipinski definition) is 1. The number of hydrogen-bond acceptors (Lipinski definition) is 3. The van der Waals surface area contributed by atoms with Gasteiger partial charge in [0.25, 0.3) is 5.56 Å². The van der Waals surface area contributed by atoms with Gasteiger partial charge in [0.15, 0.2) is 11.6 Å². The van der Waals surface area contributed by atoms with Crippen molar-refractivity contribution in [2.45, 2.75) is 26.3 Å². The fourth-order valence-corrected chi connectivity index (χ4v) is 3.04. The second-order valence-electron chi connectivity index (χ2n) is 6.00. The lowest BCUT2D eigenvalue weighted by Gasteiger charge is -2.16. The summed E-state index contributed by atoms with van der Waals surface area (Å²) in [5.41, 5.74) is 0.900. The largest absolute Gasteiger partial charge is 0.480 e. The van der Waals surface area contributed by atoms with Crippen molar-refractivity contribution >= 4 is 16.9 Å². The van der Waals surface area contributed by atoms with E-state index in [0.717, 1.165) is 11.6 Å². The third kappa shape index (κ3) is 3.33. The molecule has 1 aromatic heterocycles. The Morgan fingerprint density at radius 3 is 2.62 bits per heavy atom. The number of fused-ring (bicyclic) bond motifs is 1. The molecule has 0 aliphatic rings. The maximum Gasteiger partial charge on any atom is 0.323 e. The Morgan fingerprint density at radius 2 is 1.88 bits per heavy atom. The number of aryl methyl sites for hydroxylation is 3. The number of aromatic nitrogens is 2. The maximum atomic E-state index is 13.9. The van der Waals surface area contributed by atoms with Gasteiger partial charge in [0, 0.05) is 6.42 Å². The topological polar surface area (TPSA) is 72.2 Å². The van der Waals surface area contributed by atoms with E-state index in [4.69, 9.17) is 0 Å². The van der Waals surface area contributed by atoms with E-state index in [1.54, 1.807) is 25.1 Å². The van der Waals surface area contributed by atoms with E-state index >= 15 is 0 Å². The van der Waals surface area contributed by atoms with Crippen LogP contribution < -0.4 is 5.56 Å². The Hall–Kier alpha value is -3.09. The summed E-state index contributed by atoms with van der Waals surface area (Å²) in [4.78, 5) is 27.6. The van der Waals surface area contributed by atoms with Gasteiger partial charge in [0.2, 0.25) is 0 Å². The second-order valence-corrected chi connectivity index (χ2v) is 6.00. The molecule has 1 N–H and O–H groups in total. The first kappa shape index (κ1) is 17.7. The molecule has 0 atom stereocenters. The molecular weight excluding hydrogens is 342 g/mol. The molecule has 0 aliphatic carbocycles. The molecule has 5 nitrogen and oxygen atoms in total. The van der Waals surface area contributed by atoms with Gasteiger partial charge in [-0.05, 0) is 36.6 Å². The molecule has 0 bridgehead atoms. The highest BCUT2D eigenvalue weighted by molar-refractivity contribution is 5.82. The molecule has 1 heterocycles. The zero-order valence-corrected chi connectivity index (χ0v) is 14.0. The van der Waals surface area contributed by atoms with Crippen LogP contribution in [0.3, 0.4) is 0 Å². The van der Waals surface area contributed by atoms with Gasteiger partial charge >= 0.3 is 5.97 Å². The molecule has 3 rings (SSSR count). The molecule has 0 unspecified atom stereocenters. The fraction of sp³-hybridized carbons (Fsp3) is 0.211. The monoisotopic (exact) mass is 358 g/mol. The molecule has 134 valence electrons. The Balaban J connectivity index is 2.10. The Bertz CT molecular complexity index is 1060. The van der Waals surface area contributed by atoms with Gasteiger partial charge in [0.1, 0.15) is 12.4 Å². The standard InChI is InChI=1S/C19H16F2N2O3/c1-11-4-2-6-13-18(11)23(10-16(24)25)15(22-19(13)26)9-8-12-5-3-7-14(20)17(12)21/h2-7H,8-10H2,1H3,(H,24,25). The summed E-state index contributed by atoms with van der Waals surface area (Å²) in [5.74, 6) is -2.76. The summed E-state index contributed by atoms with van der Waals surface area (Å²) in [5, 5.41) is 9.57. The zero-order valence-electron chi connectivity index (χ0n) is 14.0. The predicted octanol–water partition coefficient (Wildman–Crippen LogP) is 2.85. The van der Waals surface area contributed by atoms with Crippen molar-refractivity contribution in [3.63, 3.8) is 0 Å². The van der Waals surface area contributed by atoms with Crippen LogP contribution >= 0.6 is 0 Å². The summed E-state index contributed by atoms with van der Waals surface area (Å²) in [6, 6.07) is 8.94. The lowest BCUT2D eigenvalue weighted by molar-refractivity contribution is -0.137. The van der Waals surface area contributed by atoms with E-state index in [9.17, 15) is 23.5 Å². The highest BCUT2D eigenvalue weighted by Gasteiger charge is 2.16. The number of para-hydroxylation sites is 1. The van der Waals surface area contributed by atoms with Crippen LogP contribution in [0.1, 0.15) is 17.0 Å². The van der Waals surface area contributed by atoms with Crippen LogP contribution in [0.25, 0.3) is 10.9 Å². The number of halogens is 2. The molecule has 0 radical (unpaired) electrons. The van der Waals surface area contributed by atoms with E-state index in [1.165, 1.54) is 16.7 Å². The third-order valence-corrected chi connectivity index (χ3v) is 4.22. The number of rotatable bonds is 5. The molecule has 0 aliphatic heterocycles. The first-order chi connectivity index (χ1) is 12.4. The highest BCUT2D eigenvalue weighted by atomic mass is 19.2. The van der Waals surface area contributed by atoms with Crippen molar-refractivity contribution in [3.05, 3.63) is 75.3 Å². The third-order valence-electron chi connectivity index (χ3n) is 4.22. The van der Waals surface area contributed by atoms with E-state index in [-0.39, 0.29) is 30.8 Å². The van der Waals surface area contributed by atoms with Crippen LogP contribution in [0.4, 0.5) is 8.78 Å². The lowest BCUT2D eigenvalue weighted by atomic mass is 10.1. The molecule has 0 saturated heterocycles. The van der Waals surface area contributed by atoms with Gasteiger partial charge < -0.3 is 9.67 Å². The normalized spacial score (nSPS) is 11.0. The summed E-state index contributed by atoms with van der Waals surface area (Å²) in [6.07, 6.45) is 0.195. The van der Waals surface area contributed by atoms with E-state index in [0.29, 0.717) is 10.9 Å². The Morgan fingerprint density at radius 1 is 1.15 bits per heavy atom. The number of aliphatic carboxylic acids is 1.